The van der Waals surface area contributed by atoms with Gasteiger partial charge in [0.15, 0.2) is 0 Å². The lowest BCUT2D eigenvalue weighted by atomic mass is 10.0. The van der Waals surface area contributed by atoms with Gasteiger partial charge >= 0.3 is 6.18 Å². The maximum Gasteiger partial charge on any atom is 0.416 e. The highest BCUT2D eigenvalue weighted by Gasteiger charge is 2.35. The lowest BCUT2D eigenvalue weighted by molar-refractivity contribution is -0.137. The summed E-state index contributed by atoms with van der Waals surface area (Å²) in [4.78, 5) is 26.9. The second kappa shape index (κ2) is 7.20. The summed E-state index contributed by atoms with van der Waals surface area (Å²) in [5, 5.41) is 0. The van der Waals surface area contributed by atoms with E-state index in [1.807, 2.05) is 0 Å². The first-order valence-corrected chi connectivity index (χ1v) is 10.1. The second-order valence-electron chi connectivity index (χ2n) is 8.00. The third-order valence-electron chi connectivity index (χ3n) is 6.15. The fourth-order valence-electron chi connectivity index (χ4n) is 4.48. The first kappa shape index (κ1) is 20.8. The molecule has 0 aliphatic heterocycles. The van der Waals surface area contributed by atoms with Crippen molar-refractivity contribution < 1.29 is 18.0 Å². The van der Waals surface area contributed by atoms with Crippen molar-refractivity contribution in [1.29, 1.82) is 0 Å². The van der Waals surface area contributed by atoms with Crippen LogP contribution in [0.3, 0.4) is 0 Å². The molecule has 0 bridgehead atoms. The van der Waals surface area contributed by atoms with Crippen LogP contribution in [-0.2, 0) is 12.6 Å². The van der Waals surface area contributed by atoms with Crippen molar-refractivity contribution in [2.45, 2.75) is 25.1 Å². The Balaban J connectivity index is 1.56. The molecule has 5 rings (SSSR count). The van der Waals surface area contributed by atoms with Crippen molar-refractivity contribution in [3.8, 4) is 0 Å². The predicted molar refractivity (Wildman–Crippen MR) is 116 cm³/mol. The van der Waals surface area contributed by atoms with Crippen molar-refractivity contribution in [1.82, 2.24) is 19.3 Å². The highest BCUT2D eigenvalue weighted by Crippen LogP contribution is 2.40. The zero-order valence-electron chi connectivity index (χ0n) is 17.4. The average Bonchev–Trinajstić information content (AvgIpc) is 3.44. The molecule has 2 aromatic carbocycles. The number of hydrogen-bond donors (Lipinski definition) is 1. The summed E-state index contributed by atoms with van der Waals surface area (Å²) in [6.45, 7) is 7.56. The number of anilines is 1. The number of amides is 1. The number of carbonyl (C=O) groups excluding carboxylic acids is 1. The van der Waals surface area contributed by atoms with Gasteiger partial charge in [0.1, 0.15) is 11.3 Å². The van der Waals surface area contributed by atoms with Gasteiger partial charge in [-0.1, -0.05) is 6.07 Å². The fourth-order valence-corrected chi connectivity index (χ4v) is 4.48. The number of rotatable bonds is 2. The summed E-state index contributed by atoms with van der Waals surface area (Å²) in [5.74, 6) is -0.140. The molecule has 4 aromatic rings. The Kier molecular flexibility index (Phi) is 4.53. The van der Waals surface area contributed by atoms with Crippen molar-refractivity contribution in [3.05, 3.63) is 76.5 Å². The Morgan fingerprint density at radius 2 is 2.06 bits per heavy atom. The van der Waals surface area contributed by atoms with E-state index in [-0.39, 0.29) is 23.1 Å². The number of halogens is 3. The SMILES string of the molecule is [C-]#[N+]c1cc2nc(N)c3cncn3c2cc1C(=O)N(C)[C@@H]1CCc2cc(C(F)(F)F)ccc21. The van der Waals surface area contributed by atoms with Crippen LogP contribution in [0.5, 0.6) is 0 Å². The number of aryl methyl sites for hydroxylation is 1. The largest absolute Gasteiger partial charge is 0.416 e. The summed E-state index contributed by atoms with van der Waals surface area (Å²) in [6.07, 6.45) is -0.364. The normalized spacial score (nSPS) is 15.5. The highest BCUT2D eigenvalue weighted by molar-refractivity contribution is 6.04. The van der Waals surface area contributed by atoms with Gasteiger partial charge in [0.05, 0.1) is 41.7 Å². The molecule has 0 fully saturated rings. The molecule has 0 saturated carbocycles. The molecule has 166 valence electrons. The number of hydrogen-bond acceptors (Lipinski definition) is 4. The van der Waals surface area contributed by atoms with Crippen molar-refractivity contribution >= 4 is 34.0 Å². The predicted octanol–water partition coefficient (Wildman–Crippen LogP) is 4.79. The van der Waals surface area contributed by atoms with Crippen LogP contribution >= 0.6 is 0 Å². The van der Waals surface area contributed by atoms with E-state index in [0.717, 1.165) is 12.1 Å². The first-order chi connectivity index (χ1) is 15.7. The van der Waals surface area contributed by atoms with Gasteiger partial charge in [-0.15, -0.1) is 0 Å². The Bertz CT molecular complexity index is 1480. The number of alkyl halides is 3. The van der Waals surface area contributed by atoms with Gasteiger partial charge in [0, 0.05) is 12.6 Å². The Morgan fingerprint density at radius 1 is 1.27 bits per heavy atom. The molecule has 1 aliphatic carbocycles. The summed E-state index contributed by atoms with van der Waals surface area (Å²) in [6, 6.07) is 6.35. The Hall–Kier alpha value is -4.13. The number of imidazole rings is 1. The molecule has 33 heavy (non-hydrogen) atoms. The van der Waals surface area contributed by atoms with E-state index < -0.39 is 17.6 Å². The van der Waals surface area contributed by atoms with E-state index in [2.05, 4.69) is 14.8 Å². The van der Waals surface area contributed by atoms with Crippen LogP contribution in [0.15, 0.2) is 42.9 Å². The Labute approximate surface area is 186 Å². The van der Waals surface area contributed by atoms with Crippen LogP contribution in [0.25, 0.3) is 21.4 Å². The average molecular weight is 450 g/mol. The van der Waals surface area contributed by atoms with Crippen LogP contribution < -0.4 is 5.73 Å². The van der Waals surface area contributed by atoms with Crippen LogP contribution in [0.4, 0.5) is 24.7 Å². The van der Waals surface area contributed by atoms with Gasteiger partial charge < -0.3 is 10.6 Å². The lowest BCUT2D eigenvalue weighted by Gasteiger charge is -2.26. The topological polar surface area (TPSA) is 80.9 Å². The van der Waals surface area contributed by atoms with E-state index in [9.17, 15) is 18.0 Å². The van der Waals surface area contributed by atoms with Crippen molar-refractivity contribution in [2.75, 3.05) is 12.8 Å². The van der Waals surface area contributed by atoms with E-state index in [1.165, 1.54) is 17.0 Å². The minimum absolute atomic E-state index is 0.122. The molecule has 0 unspecified atom stereocenters. The fraction of sp³-hybridized carbons (Fsp3) is 0.217. The summed E-state index contributed by atoms with van der Waals surface area (Å²) < 4.78 is 40.9. The van der Waals surface area contributed by atoms with Crippen LogP contribution in [0.2, 0.25) is 0 Å². The minimum Gasteiger partial charge on any atom is -0.382 e. The summed E-state index contributed by atoms with van der Waals surface area (Å²) in [5.41, 5.74) is 8.46. The highest BCUT2D eigenvalue weighted by atomic mass is 19.4. The number of nitrogen functional groups attached to an aromatic ring is 1. The van der Waals surface area contributed by atoms with Crippen LogP contribution in [0.1, 0.15) is 39.5 Å². The number of fused-ring (bicyclic) bond motifs is 4. The zero-order valence-corrected chi connectivity index (χ0v) is 17.4. The number of nitrogens with zero attached hydrogens (tertiary/aromatic N) is 5. The number of aromatic nitrogens is 3. The maximum absolute atomic E-state index is 13.5. The van der Waals surface area contributed by atoms with Gasteiger partial charge in [0.25, 0.3) is 0 Å². The van der Waals surface area contributed by atoms with E-state index in [0.29, 0.717) is 40.5 Å². The zero-order chi connectivity index (χ0) is 23.5. The molecule has 0 saturated heterocycles. The molecule has 1 aliphatic rings. The summed E-state index contributed by atoms with van der Waals surface area (Å²) >= 11 is 0. The number of benzene rings is 2. The molecule has 7 nitrogen and oxygen atoms in total. The van der Waals surface area contributed by atoms with Gasteiger partial charge in [-0.2, -0.15) is 13.2 Å². The van der Waals surface area contributed by atoms with E-state index in [4.69, 9.17) is 12.3 Å². The smallest absolute Gasteiger partial charge is 0.382 e. The number of nitrogens with two attached hydrogens (primary N) is 1. The molecule has 1 amide bonds. The second-order valence-corrected chi connectivity index (χ2v) is 8.00. The van der Waals surface area contributed by atoms with Crippen LogP contribution in [0, 0.1) is 6.57 Å². The molecule has 1 atom stereocenters. The van der Waals surface area contributed by atoms with Crippen LogP contribution in [-0.4, -0.2) is 32.2 Å². The number of carbonyl (C=O) groups is 1. The van der Waals surface area contributed by atoms with Gasteiger partial charge in [-0.25, -0.2) is 14.8 Å². The first-order valence-electron chi connectivity index (χ1n) is 10.1. The Morgan fingerprint density at radius 3 is 2.79 bits per heavy atom. The quantitative estimate of drug-likeness (QED) is 0.445. The minimum atomic E-state index is -4.42. The molecular weight excluding hydrogens is 433 g/mol. The van der Waals surface area contributed by atoms with Gasteiger partial charge in [-0.3, -0.25) is 9.20 Å². The van der Waals surface area contributed by atoms with Crippen molar-refractivity contribution in [2.24, 2.45) is 0 Å². The molecule has 2 N–H and O–H groups in total. The van der Waals surface area contributed by atoms with E-state index in [1.54, 1.807) is 30.0 Å². The summed E-state index contributed by atoms with van der Waals surface area (Å²) in [7, 11) is 1.60. The molecule has 0 spiro atoms. The lowest BCUT2D eigenvalue weighted by Crippen LogP contribution is -2.30. The molecule has 2 aromatic heterocycles. The molecule has 10 heteroatoms. The van der Waals surface area contributed by atoms with Gasteiger partial charge in [-0.05, 0) is 48.2 Å². The molecular formula is C23H17F3N6O. The van der Waals surface area contributed by atoms with Crippen molar-refractivity contribution in [3.63, 3.8) is 0 Å². The van der Waals surface area contributed by atoms with Gasteiger partial charge in [0.2, 0.25) is 11.6 Å². The third-order valence-corrected chi connectivity index (χ3v) is 6.15. The maximum atomic E-state index is 13.5. The standard InChI is InChI=1S/C23H17F3N6O/c1-28-16-9-17-19(32-11-29-10-20(32)21(27)30-17)8-15(16)22(33)31(2)18-6-3-12-7-13(23(24,25)26)4-5-14(12)18/h4-5,7-11,18H,3,6H2,2H3,(H2,27,30)/t18-/m1/s1. The third kappa shape index (κ3) is 3.24. The monoisotopic (exact) mass is 450 g/mol. The molecule has 0 radical (unpaired) electrons. The van der Waals surface area contributed by atoms with E-state index >= 15 is 0 Å². The molecule has 2 heterocycles.